The standard InChI is InChI=1S/C21H29N3O4S/c1-4-29(26,27)24-19-6-5-15(21(25)23-11-7-16(28-3)8-12-23)13-17(19)18-14-22(2)10-9-20(18)24/h5-6,13,16H,4,7-12,14H2,1-3H3. The van der Waals surface area contributed by atoms with Crippen LogP contribution in [0.2, 0.25) is 0 Å². The van der Waals surface area contributed by atoms with Crippen LogP contribution in [0, 0.1) is 0 Å². The van der Waals surface area contributed by atoms with Crippen LogP contribution >= 0.6 is 0 Å². The zero-order valence-electron chi connectivity index (χ0n) is 17.3. The number of likely N-dealkylation sites (tertiary alicyclic amines) is 1. The lowest BCUT2D eigenvalue weighted by Crippen LogP contribution is -2.40. The van der Waals surface area contributed by atoms with Gasteiger partial charge in [0.05, 0.1) is 17.4 Å². The Morgan fingerprint density at radius 2 is 1.93 bits per heavy atom. The van der Waals surface area contributed by atoms with Crippen LogP contribution < -0.4 is 0 Å². The summed E-state index contributed by atoms with van der Waals surface area (Å²) >= 11 is 0. The first-order chi connectivity index (χ1) is 13.9. The Morgan fingerprint density at radius 1 is 1.21 bits per heavy atom. The first-order valence-electron chi connectivity index (χ1n) is 10.3. The second kappa shape index (κ2) is 7.74. The second-order valence-electron chi connectivity index (χ2n) is 8.04. The Kier molecular flexibility index (Phi) is 5.44. The van der Waals surface area contributed by atoms with Gasteiger partial charge in [0, 0.05) is 56.4 Å². The van der Waals surface area contributed by atoms with Gasteiger partial charge < -0.3 is 14.5 Å². The first-order valence-corrected chi connectivity index (χ1v) is 11.9. The van der Waals surface area contributed by atoms with E-state index >= 15 is 0 Å². The SMILES string of the molecule is CCS(=O)(=O)n1c2c(c3cc(C(=O)N4CCC(OC)CC4)ccc31)CN(C)CC2. The van der Waals surface area contributed by atoms with Crippen LogP contribution in [0.15, 0.2) is 18.2 Å². The highest BCUT2D eigenvalue weighted by molar-refractivity contribution is 7.90. The average molecular weight is 420 g/mol. The van der Waals surface area contributed by atoms with Crippen molar-refractivity contribution in [3.8, 4) is 0 Å². The molecule has 0 spiro atoms. The molecule has 1 amide bonds. The molecule has 4 rings (SSSR count). The van der Waals surface area contributed by atoms with E-state index in [1.54, 1.807) is 26.2 Å². The van der Waals surface area contributed by atoms with Gasteiger partial charge in [0.15, 0.2) is 0 Å². The molecule has 0 bridgehead atoms. The van der Waals surface area contributed by atoms with Gasteiger partial charge in [0.25, 0.3) is 5.91 Å². The minimum atomic E-state index is -3.41. The number of benzene rings is 1. The molecule has 158 valence electrons. The minimum absolute atomic E-state index is 0.00506. The van der Waals surface area contributed by atoms with Gasteiger partial charge in [0.1, 0.15) is 0 Å². The topological polar surface area (TPSA) is 71.8 Å². The molecule has 1 saturated heterocycles. The highest BCUT2D eigenvalue weighted by Crippen LogP contribution is 2.33. The molecule has 2 aliphatic rings. The van der Waals surface area contributed by atoms with Crippen molar-refractivity contribution in [2.24, 2.45) is 0 Å². The maximum absolute atomic E-state index is 13.1. The van der Waals surface area contributed by atoms with Gasteiger partial charge in [-0.15, -0.1) is 0 Å². The van der Waals surface area contributed by atoms with Crippen molar-refractivity contribution < 1.29 is 17.9 Å². The Labute approximate surface area is 172 Å². The highest BCUT2D eigenvalue weighted by Gasteiger charge is 2.29. The molecule has 1 aromatic carbocycles. The summed E-state index contributed by atoms with van der Waals surface area (Å²) in [6.45, 7) is 4.55. The van der Waals surface area contributed by atoms with Gasteiger partial charge in [0.2, 0.25) is 10.0 Å². The Morgan fingerprint density at radius 3 is 2.59 bits per heavy atom. The normalized spacial score (nSPS) is 18.9. The van der Waals surface area contributed by atoms with E-state index in [4.69, 9.17) is 4.74 Å². The largest absolute Gasteiger partial charge is 0.381 e. The summed E-state index contributed by atoms with van der Waals surface area (Å²) < 4.78 is 32.5. The number of amides is 1. The Bertz CT molecular complexity index is 1040. The second-order valence-corrected chi connectivity index (χ2v) is 10.1. The summed E-state index contributed by atoms with van der Waals surface area (Å²) in [7, 11) is 0.336. The molecule has 0 atom stereocenters. The van der Waals surface area contributed by atoms with E-state index in [1.807, 2.05) is 18.0 Å². The smallest absolute Gasteiger partial charge is 0.253 e. The number of fused-ring (bicyclic) bond motifs is 3. The molecule has 7 nitrogen and oxygen atoms in total. The number of likely N-dealkylation sites (N-methyl/N-ethyl adjacent to an activating group) is 1. The fraction of sp³-hybridized carbons (Fsp3) is 0.571. The summed E-state index contributed by atoms with van der Waals surface area (Å²) in [5, 5.41) is 0.876. The lowest BCUT2D eigenvalue weighted by molar-refractivity contribution is 0.0351. The molecule has 0 unspecified atom stereocenters. The van der Waals surface area contributed by atoms with Gasteiger partial charge in [-0.3, -0.25) is 4.79 Å². The van der Waals surface area contributed by atoms with Crippen molar-refractivity contribution in [3.05, 3.63) is 35.0 Å². The van der Waals surface area contributed by atoms with Gasteiger partial charge >= 0.3 is 0 Å². The number of carbonyl (C=O) groups excluding carboxylic acids is 1. The fourth-order valence-electron chi connectivity index (χ4n) is 4.51. The number of hydrogen-bond donors (Lipinski definition) is 0. The fourth-order valence-corrected chi connectivity index (χ4v) is 5.76. The van der Waals surface area contributed by atoms with Crippen molar-refractivity contribution in [1.29, 1.82) is 0 Å². The number of carbonyl (C=O) groups is 1. The first kappa shape index (κ1) is 20.4. The Balaban J connectivity index is 1.76. The zero-order valence-corrected chi connectivity index (χ0v) is 18.2. The zero-order chi connectivity index (χ0) is 20.8. The summed E-state index contributed by atoms with van der Waals surface area (Å²) in [6.07, 6.45) is 2.59. The van der Waals surface area contributed by atoms with Crippen LogP contribution in [-0.4, -0.2) is 73.7 Å². The molecule has 29 heavy (non-hydrogen) atoms. The highest BCUT2D eigenvalue weighted by atomic mass is 32.2. The van der Waals surface area contributed by atoms with Crippen LogP contribution in [0.4, 0.5) is 0 Å². The lowest BCUT2D eigenvalue weighted by Gasteiger charge is -2.31. The molecule has 0 saturated carbocycles. The predicted molar refractivity (Wildman–Crippen MR) is 113 cm³/mol. The van der Waals surface area contributed by atoms with Crippen LogP contribution in [0.3, 0.4) is 0 Å². The van der Waals surface area contributed by atoms with Crippen LogP contribution in [0.5, 0.6) is 0 Å². The maximum atomic E-state index is 13.1. The van der Waals surface area contributed by atoms with E-state index < -0.39 is 10.0 Å². The summed E-state index contributed by atoms with van der Waals surface area (Å²) in [5.74, 6) is 0.0548. The van der Waals surface area contributed by atoms with Crippen molar-refractivity contribution in [3.63, 3.8) is 0 Å². The monoisotopic (exact) mass is 419 g/mol. The molecule has 1 aromatic heterocycles. The lowest BCUT2D eigenvalue weighted by atomic mass is 10.0. The molecule has 8 heteroatoms. The summed E-state index contributed by atoms with van der Waals surface area (Å²) in [4.78, 5) is 17.1. The third-order valence-corrected chi connectivity index (χ3v) is 7.95. The summed E-state index contributed by atoms with van der Waals surface area (Å²) in [5.41, 5.74) is 3.20. The van der Waals surface area contributed by atoms with Crippen molar-refractivity contribution in [2.45, 2.75) is 38.8 Å². The average Bonchev–Trinajstić information content (AvgIpc) is 3.07. The number of ether oxygens (including phenoxy) is 1. The maximum Gasteiger partial charge on any atom is 0.253 e. The van der Waals surface area contributed by atoms with E-state index in [1.165, 1.54) is 3.97 Å². The van der Waals surface area contributed by atoms with Crippen LogP contribution in [0.1, 0.15) is 41.4 Å². The number of rotatable bonds is 4. The molecular formula is C21H29N3O4S. The molecule has 2 aliphatic heterocycles. The molecule has 0 aliphatic carbocycles. The molecule has 3 heterocycles. The van der Waals surface area contributed by atoms with Gasteiger partial charge in [-0.2, -0.15) is 0 Å². The molecule has 0 radical (unpaired) electrons. The molecule has 0 N–H and O–H groups in total. The number of nitrogens with zero attached hydrogens (tertiary/aromatic N) is 3. The number of methoxy groups -OCH3 is 1. The van der Waals surface area contributed by atoms with E-state index in [0.717, 1.165) is 36.0 Å². The number of hydrogen-bond acceptors (Lipinski definition) is 5. The van der Waals surface area contributed by atoms with Gasteiger partial charge in [-0.05, 0) is 50.6 Å². The number of piperidine rings is 1. The predicted octanol–water partition coefficient (Wildman–Crippen LogP) is 2.08. The van der Waals surface area contributed by atoms with E-state index in [9.17, 15) is 13.2 Å². The molecule has 2 aromatic rings. The van der Waals surface area contributed by atoms with Gasteiger partial charge in [-0.25, -0.2) is 12.4 Å². The minimum Gasteiger partial charge on any atom is -0.381 e. The quantitative estimate of drug-likeness (QED) is 0.759. The van der Waals surface area contributed by atoms with E-state index in [-0.39, 0.29) is 17.8 Å². The van der Waals surface area contributed by atoms with Crippen molar-refractivity contribution in [2.75, 3.05) is 39.5 Å². The Hall–Kier alpha value is -1.90. The van der Waals surface area contributed by atoms with Gasteiger partial charge in [-0.1, -0.05) is 0 Å². The van der Waals surface area contributed by atoms with Crippen molar-refractivity contribution >= 4 is 26.8 Å². The van der Waals surface area contributed by atoms with Crippen LogP contribution in [0.25, 0.3) is 10.9 Å². The van der Waals surface area contributed by atoms with Crippen LogP contribution in [-0.2, 0) is 27.7 Å². The third-order valence-electron chi connectivity index (χ3n) is 6.24. The van der Waals surface area contributed by atoms with Crippen molar-refractivity contribution in [1.82, 2.24) is 13.8 Å². The van der Waals surface area contributed by atoms with E-state index in [2.05, 4.69) is 4.90 Å². The molecule has 1 fully saturated rings. The van der Waals surface area contributed by atoms with E-state index in [0.29, 0.717) is 37.1 Å². The summed E-state index contributed by atoms with van der Waals surface area (Å²) in [6, 6.07) is 5.46. The number of aromatic nitrogens is 1. The molecular weight excluding hydrogens is 390 g/mol. The third kappa shape index (κ3) is 3.58.